The molecule has 1 heterocycles. The lowest BCUT2D eigenvalue weighted by Gasteiger charge is -2.14. The van der Waals surface area contributed by atoms with Crippen molar-refractivity contribution >= 4 is 29.1 Å². The molecule has 0 saturated heterocycles. The minimum Gasteiger partial charge on any atom is -0.324 e. The molecule has 8 nitrogen and oxygen atoms in total. The van der Waals surface area contributed by atoms with Crippen LogP contribution in [0.5, 0.6) is 0 Å². The number of aryl methyl sites for hydroxylation is 2. The van der Waals surface area contributed by atoms with Crippen molar-refractivity contribution in [3.8, 4) is 0 Å². The Labute approximate surface area is 148 Å². The first-order valence-electron chi connectivity index (χ1n) is 7.79. The van der Waals surface area contributed by atoms with Gasteiger partial charge < -0.3 is 5.32 Å². The molecule has 0 fully saturated rings. The second-order valence-corrected chi connectivity index (χ2v) is 6.05. The number of anilines is 1. The Balaban J connectivity index is 1.77. The molecular weight excluding hydrogens is 338 g/mol. The summed E-state index contributed by atoms with van der Waals surface area (Å²) in [5.74, 6) is -1.67. The lowest BCUT2D eigenvalue weighted by atomic mass is 10.1. The molecule has 132 valence electrons. The Morgan fingerprint density at radius 2 is 1.77 bits per heavy atom. The molecule has 2 aromatic carbocycles. The number of carbonyl (C=O) groups excluding carboxylic acids is 3. The predicted octanol–water partition coefficient (Wildman–Crippen LogP) is 2.45. The smallest absolute Gasteiger partial charge is 0.271 e. The van der Waals surface area contributed by atoms with Gasteiger partial charge in [-0.2, -0.15) is 0 Å². The van der Waals surface area contributed by atoms with Crippen molar-refractivity contribution in [1.29, 1.82) is 0 Å². The van der Waals surface area contributed by atoms with Gasteiger partial charge in [-0.05, 0) is 31.5 Å². The van der Waals surface area contributed by atoms with Gasteiger partial charge in [0.25, 0.3) is 17.5 Å². The number of nitrogens with zero attached hydrogens (tertiary/aromatic N) is 2. The highest BCUT2D eigenvalue weighted by atomic mass is 16.6. The molecule has 0 aromatic heterocycles. The molecule has 2 aromatic rings. The summed E-state index contributed by atoms with van der Waals surface area (Å²) in [6.45, 7) is 3.02. The Morgan fingerprint density at radius 1 is 1.08 bits per heavy atom. The van der Waals surface area contributed by atoms with Gasteiger partial charge in [-0.25, -0.2) is 0 Å². The molecular formula is C18H15N3O5. The summed E-state index contributed by atoms with van der Waals surface area (Å²) >= 11 is 0. The number of benzene rings is 2. The number of imide groups is 1. The maximum absolute atomic E-state index is 12.4. The molecule has 1 N–H and O–H groups in total. The fourth-order valence-corrected chi connectivity index (χ4v) is 2.74. The third kappa shape index (κ3) is 3.04. The second-order valence-electron chi connectivity index (χ2n) is 6.05. The normalized spacial score (nSPS) is 12.9. The van der Waals surface area contributed by atoms with Gasteiger partial charge in [-0.3, -0.25) is 29.4 Å². The zero-order valence-electron chi connectivity index (χ0n) is 14.1. The van der Waals surface area contributed by atoms with Crippen molar-refractivity contribution in [2.24, 2.45) is 0 Å². The van der Waals surface area contributed by atoms with Gasteiger partial charge in [0.05, 0.1) is 21.7 Å². The Kier molecular flexibility index (Phi) is 4.25. The van der Waals surface area contributed by atoms with Crippen LogP contribution in [0.4, 0.5) is 11.4 Å². The summed E-state index contributed by atoms with van der Waals surface area (Å²) in [4.78, 5) is 48.2. The molecule has 0 spiro atoms. The number of hydrogen-bond acceptors (Lipinski definition) is 5. The first kappa shape index (κ1) is 17.3. The number of rotatable bonds is 4. The predicted molar refractivity (Wildman–Crippen MR) is 93.0 cm³/mol. The van der Waals surface area contributed by atoms with Crippen LogP contribution in [0.2, 0.25) is 0 Å². The first-order chi connectivity index (χ1) is 12.3. The van der Waals surface area contributed by atoms with Gasteiger partial charge >= 0.3 is 0 Å². The number of non-ortho nitro benzene ring substituents is 1. The van der Waals surface area contributed by atoms with E-state index in [9.17, 15) is 24.5 Å². The van der Waals surface area contributed by atoms with E-state index in [-0.39, 0.29) is 22.5 Å². The van der Waals surface area contributed by atoms with Gasteiger partial charge in [0, 0.05) is 12.1 Å². The highest BCUT2D eigenvalue weighted by Crippen LogP contribution is 2.25. The van der Waals surface area contributed by atoms with Crippen LogP contribution in [0.25, 0.3) is 0 Å². The van der Waals surface area contributed by atoms with Crippen molar-refractivity contribution in [3.05, 3.63) is 68.8 Å². The summed E-state index contributed by atoms with van der Waals surface area (Å²) < 4.78 is 0. The lowest BCUT2D eigenvalue weighted by molar-refractivity contribution is -0.384. The molecule has 0 bridgehead atoms. The summed E-state index contributed by atoms with van der Waals surface area (Å²) in [6, 6.07) is 8.97. The molecule has 1 aliphatic rings. The van der Waals surface area contributed by atoms with Crippen LogP contribution in [0.15, 0.2) is 36.4 Å². The van der Waals surface area contributed by atoms with Gasteiger partial charge in [0.1, 0.15) is 6.54 Å². The van der Waals surface area contributed by atoms with Crippen LogP contribution in [-0.2, 0) is 4.79 Å². The highest BCUT2D eigenvalue weighted by Gasteiger charge is 2.36. The van der Waals surface area contributed by atoms with Crippen LogP contribution in [0.1, 0.15) is 31.8 Å². The van der Waals surface area contributed by atoms with Gasteiger partial charge in [-0.1, -0.05) is 17.7 Å². The fourth-order valence-electron chi connectivity index (χ4n) is 2.74. The lowest BCUT2D eigenvalue weighted by Crippen LogP contribution is -2.37. The molecule has 0 saturated carbocycles. The van der Waals surface area contributed by atoms with E-state index in [1.165, 1.54) is 18.2 Å². The van der Waals surface area contributed by atoms with E-state index in [1.54, 1.807) is 32.0 Å². The van der Waals surface area contributed by atoms with Gasteiger partial charge in [0.15, 0.2) is 0 Å². The van der Waals surface area contributed by atoms with Crippen LogP contribution >= 0.6 is 0 Å². The van der Waals surface area contributed by atoms with Crippen LogP contribution in [0, 0.1) is 24.0 Å². The Bertz CT molecular complexity index is 967. The van der Waals surface area contributed by atoms with Crippen molar-refractivity contribution in [2.75, 3.05) is 11.9 Å². The number of hydrogen-bond donors (Lipinski definition) is 1. The molecule has 3 amide bonds. The van der Waals surface area contributed by atoms with Crippen molar-refractivity contribution < 1.29 is 19.3 Å². The summed E-state index contributed by atoms with van der Waals surface area (Å²) in [5, 5.41) is 13.4. The molecule has 0 radical (unpaired) electrons. The fraction of sp³-hybridized carbons (Fsp3) is 0.167. The van der Waals surface area contributed by atoms with E-state index >= 15 is 0 Å². The van der Waals surface area contributed by atoms with E-state index < -0.39 is 29.2 Å². The van der Waals surface area contributed by atoms with E-state index in [2.05, 4.69) is 5.32 Å². The van der Waals surface area contributed by atoms with Crippen LogP contribution < -0.4 is 5.32 Å². The number of amides is 3. The van der Waals surface area contributed by atoms with Crippen LogP contribution in [0.3, 0.4) is 0 Å². The topological polar surface area (TPSA) is 110 Å². The summed E-state index contributed by atoms with van der Waals surface area (Å²) in [6.07, 6.45) is 0. The third-order valence-corrected chi connectivity index (χ3v) is 4.13. The number of nitro benzene ring substituents is 1. The average Bonchev–Trinajstić information content (AvgIpc) is 2.81. The summed E-state index contributed by atoms with van der Waals surface area (Å²) in [5.41, 5.74) is 2.10. The minimum absolute atomic E-state index is 0.165. The SMILES string of the molecule is Cc1ccc2c(c1)C(=O)N(CC(=O)Nc1cc([N+](=O)[O-])ccc1C)C2=O. The zero-order chi connectivity index (χ0) is 19.0. The second kappa shape index (κ2) is 6.40. The van der Waals surface area contributed by atoms with E-state index in [1.807, 2.05) is 0 Å². The monoisotopic (exact) mass is 353 g/mol. The minimum atomic E-state index is -0.611. The molecule has 8 heteroatoms. The van der Waals surface area contributed by atoms with Crippen molar-refractivity contribution in [1.82, 2.24) is 4.90 Å². The molecule has 26 heavy (non-hydrogen) atoms. The van der Waals surface area contributed by atoms with E-state index in [0.29, 0.717) is 5.56 Å². The van der Waals surface area contributed by atoms with Crippen LogP contribution in [-0.4, -0.2) is 34.1 Å². The van der Waals surface area contributed by atoms with E-state index in [0.717, 1.165) is 10.5 Å². The molecule has 3 rings (SSSR count). The number of nitro groups is 1. The maximum atomic E-state index is 12.4. The number of fused-ring (bicyclic) bond motifs is 1. The Morgan fingerprint density at radius 3 is 2.46 bits per heavy atom. The Hall–Kier alpha value is -3.55. The summed E-state index contributed by atoms with van der Waals surface area (Å²) in [7, 11) is 0. The largest absolute Gasteiger partial charge is 0.324 e. The van der Waals surface area contributed by atoms with Crippen molar-refractivity contribution in [2.45, 2.75) is 13.8 Å². The highest BCUT2D eigenvalue weighted by molar-refractivity contribution is 6.22. The number of carbonyl (C=O) groups is 3. The average molecular weight is 353 g/mol. The number of nitrogens with one attached hydrogen (secondary N) is 1. The van der Waals surface area contributed by atoms with Gasteiger partial charge in [-0.15, -0.1) is 0 Å². The van der Waals surface area contributed by atoms with Gasteiger partial charge in [0.2, 0.25) is 5.91 Å². The molecule has 0 unspecified atom stereocenters. The zero-order valence-corrected chi connectivity index (χ0v) is 14.1. The third-order valence-electron chi connectivity index (χ3n) is 4.13. The maximum Gasteiger partial charge on any atom is 0.271 e. The molecule has 0 atom stereocenters. The van der Waals surface area contributed by atoms with Crippen molar-refractivity contribution in [3.63, 3.8) is 0 Å². The molecule has 1 aliphatic heterocycles. The molecule has 0 aliphatic carbocycles. The standard InChI is InChI=1S/C18H15N3O5/c1-10-3-6-13-14(7-10)18(24)20(17(13)23)9-16(22)19-15-8-12(21(25)26)5-4-11(15)2/h3-8H,9H2,1-2H3,(H,19,22). The quantitative estimate of drug-likeness (QED) is 0.516. The first-order valence-corrected chi connectivity index (χ1v) is 7.79. The van der Waals surface area contributed by atoms with E-state index in [4.69, 9.17) is 0 Å².